The van der Waals surface area contributed by atoms with E-state index in [1.54, 1.807) is 4.90 Å². The Balaban J connectivity index is 2.91. The van der Waals surface area contributed by atoms with Crippen LogP contribution in [0, 0.1) is 5.92 Å². The minimum atomic E-state index is -0.722. The van der Waals surface area contributed by atoms with Gasteiger partial charge in [-0.3, -0.25) is 9.59 Å². The van der Waals surface area contributed by atoms with Crippen molar-refractivity contribution in [2.45, 2.75) is 65.5 Å². The third kappa shape index (κ3) is 2.85. The maximum atomic E-state index is 12.5. The highest BCUT2D eigenvalue weighted by atomic mass is 16.2. The fraction of sp³-hybridized carbons (Fsp3) is 0.857. The molecule has 0 aromatic rings. The van der Waals surface area contributed by atoms with Gasteiger partial charge in [-0.25, -0.2) is 0 Å². The summed E-state index contributed by atoms with van der Waals surface area (Å²) >= 11 is 0. The molecular weight excluding hydrogens is 228 g/mol. The highest BCUT2D eigenvalue weighted by molar-refractivity contribution is 5.99. The van der Waals surface area contributed by atoms with Crippen LogP contribution in [0.15, 0.2) is 0 Å². The van der Waals surface area contributed by atoms with Crippen molar-refractivity contribution in [3.05, 3.63) is 0 Å². The monoisotopic (exact) mass is 254 g/mol. The molecule has 0 aliphatic carbocycles. The van der Waals surface area contributed by atoms with Gasteiger partial charge < -0.3 is 10.2 Å². The molecule has 0 aromatic carbocycles. The summed E-state index contributed by atoms with van der Waals surface area (Å²) in [5.74, 6) is 0.593. The standard InChI is InChI=1S/C14H26N2O2/c1-6-11-12(17)15-14(5,7-2)13(18)16(11)9-8-10(3)4/h10-11H,6-9H2,1-5H3,(H,15,17). The van der Waals surface area contributed by atoms with Gasteiger partial charge in [0, 0.05) is 6.54 Å². The van der Waals surface area contributed by atoms with Gasteiger partial charge in [0.05, 0.1) is 0 Å². The lowest BCUT2D eigenvalue weighted by Crippen LogP contribution is -2.69. The van der Waals surface area contributed by atoms with Crippen molar-refractivity contribution in [1.29, 1.82) is 0 Å². The summed E-state index contributed by atoms with van der Waals surface area (Å²) in [5.41, 5.74) is -0.722. The van der Waals surface area contributed by atoms with E-state index in [-0.39, 0.29) is 17.9 Å². The van der Waals surface area contributed by atoms with E-state index < -0.39 is 5.54 Å². The van der Waals surface area contributed by atoms with Gasteiger partial charge in [0.25, 0.3) is 0 Å². The molecule has 1 N–H and O–H groups in total. The first-order valence-corrected chi connectivity index (χ1v) is 6.98. The fourth-order valence-electron chi connectivity index (χ4n) is 2.31. The minimum absolute atomic E-state index is 0.00907. The van der Waals surface area contributed by atoms with Gasteiger partial charge >= 0.3 is 0 Å². The molecule has 2 atom stereocenters. The lowest BCUT2D eigenvalue weighted by Gasteiger charge is -2.44. The van der Waals surface area contributed by atoms with Gasteiger partial charge in [-0.1, -0.05) is 27.7 Å². The van der Waals surface area contributed by atoms with Crippen molar-refractivity contribution in [3.63, 3.8) is 0 Å². The smallest absolute Gasteiger partial charge is 0.248 e. The molecular formula is C14H26N2O2. The topological polar surface area (TPSA) is 49.4 Å². The van der Waals surface area contributed by atoms with Crippen LogP contribution in [0.25, 0.3) is 0 Å². The van der Waals surface area contributed by atoms with E-state index >= 15 is 0 Å². The van der Waals surface area contributed by atoms with Crippen molar-refractivity contribution in [2.24, 2.45) is 5.92 Å². The van der Waals surface area contributed by atoms with Crippen LogP contribution in [-0.4, -0.2) is 34.8 Å². The summed E-state index contributed by atoms with van der Waals surface area (Å²) in [7, 11) is 0. The van der Waals surface area contributed by atoms with Crippen molar-refractivity contribution >= 4 is 11.8 Å². The number of hydrogen-bond donors (Lipinski definition) is 1. The highest BCUT2D eigenvalue weighted by Crippen LogP contribution is 2.23. The van der Waals surface area contributed by atoms with E-state index in [2.05, 4.69) is 19.2 Å². The van der Waals surface area contributed by atoms with E-state index in [0.29, 0.717) is 25.3 Å². The van der Waals surface area contributed by atoms with Crippen molar-refractivity contribution in [2.75, 3.05) is 6.54 Å². The summed E-state index contributed by atoms with van der Waals surface area (Å²) in [4.78, 5) is 26.4. The molecule has 1 heterocycles. The first-order valence-electron chi connectivity index (χ1n) is 6.98. The SMILES string of the molecule is CCC1C(=O)NC(C)(CC)C(=O)N1CCC(C)C. The number of piperazine rings is 1. The molecule has 1 fully saturated rings. The van der Waals surface area contributed by atoms with Gasteiger partial charge in [-0.05, 0) is 32.1 Å². The zero-order valence-corrected chi connectivity index (χ0v) is 12.2. The number of amides is 2. The Hall–Kier alpha value is -1.06. The number of carbonyl (C=O) groups is 2. The maximum Gasteiger partial charge on any atom is 0.248 e. The van der Waals surface area contributed by atoms with Gasteiger partial charge in [-0.15, -0.1) is 0 Å². The molecule has 0 saturated carbocycles. The number of nitrogens with zero attached hydrogens (tertiary/aromatic N) is 1. The van der Waals surface area contributed by atoms with Gasteiger partial charge in [0.15, 0.2) is 0 Å². The molecule has 1 rings (SSSR count). The summed E-state index contributed by atoms with van der Waals surface area (Å²) in [6.45, 7) is 10.7. The second-order valence-corrected chi connectivity index (χ2v) is 5.78. The van der Waals surface area contributed by atoms with Gasteiger partial charge in [-0.2, -0.15) is 0 Å². The van der Waals surface area contributed by atoms with Crippen LogP contribution in [0.1, 0.15) is 53.9 Å². The molecule has 1 aliphatic heterocycles. The third-order valence-electron chi connectivity index (χ3n) is 3.85. The number of rotatable bonds is 5. The largest absolute Gasteiger partial charge is 0.340 e. The van der Waals surface area contributed by atoms with Crippen molar-refractivity contribution in [1.82, 2.24) is 10.2 Å². The maximum absolute atomic E-state index is 12.5. The quantitative estimate of drug-likeness (QED) is 0.815. The van der Waals surface area contributed by atoms with E-state index in [0.717, 1.165) is 6.42 Å². The Morgan fingerprint density at radius 3 is 2.39 bits per heavy atom. The lowest BCUT2D eigenvalue weighted by atomic mass is 9.90. The average Bonchev–Trinajstić information content (AvgIpc) is 2.31. The average molecular weight is 254 g/mol. The summed E-state index contributed by atoms with van der Waals surface area (Å²) in [6.07, 6.45) is 2.25. The predicted octanol–water partition coefficient (Wildman–Crippen LogP) is 1.94. The number of nitrogens with one attached hydrogen (secondary N) is 1. The number of hydrogen-bond acceptors (Lipinski definition) is 2. The Morgan fingerprint density at radius 1 is 1.33 bits per heavy atom. The van der Waals surface area contributed by atoms with Crippen LogP contribution in [0.4, 0.5) is 0 Å². The van der Waals surface area contributed by atoms with Crippen LogP contribution >= 0.6 is 0 Å². The predicted molar refractivity (Wildman–Crippen MR) is 72.1 cm³/mol. The van der Waals surface area contributed by atoms with Gasteiger partial charge in [0.2, 0.25) is 11.8 Å². The Labute approximate surface area is 110 Å². The normalized spacial score (nSPS) is 28.8. The van der Waals surface area contributed by atoms with Gasteiger partial charge in [0.1, 0.15) is 11.6 Å². The molecule has 1 aliphatic rings. The summed E-state index contributed by atoms with van der Waals surface area (Å²) in [6, 6.07) is -0.295. The summed E-state index contributed by atoms with van der Waals surface area (Å²) in [5, 5.41) is 2.88. The molecule has 18 heavy (non-hydrogen) atoms. The first-order chi connectivity index (χ1) is 8.35. The van der Waals surface area contributed by atoms with Crippen LogP contribution in [0.3, 0.4) is 0 Å². The molecule has 2 amide bonds. The third-order valence-corrected chi connectivity index (χ3v) is 3.85. The Bertz CT molecular complexity index is 328. The van der Waals surface area contributed by atoms with E-state index in [1.807, 2.05) is 20.8 Å². The molecule has 2 unspecified atom stereocenters. The van der Waals surface area contributed by atoms with E-state index in [9.17, 15) is 9.59 Å². The lowest BCUT2D eigenvalue weighted by molar-refractivity contribution is -0.154. The zero-order chi connectivity index (χ0) is 13.9. The summed E-state index contributed by atoms with van der Waals surface area (Å²) < 4.78 is 0. The van der Waals surface area contributed by atoms with Crippen LogP contribution < -0.4 is 5.32 Å². The second-order valence-electron chi connectivity index (χ2n) is 5.78. The second kappa shape index (κ2) is 5.72. The van der Waals surface area contributed by atoms with Crippen LogP contribution in [0.2, 0.25) is 0 Å². The minimum Gasteiger partial charge on any atom is -0.340 e. The molecule has 0 bridgehead atoms. The number of carbonyl (C=O) groups excluding carboxylic acids is 2. The van der Waals surface area contributed by atoms with Crippen molar-refractivity contribution < 1.29 is 9.59 Å². The fourth-order valence-corrected chi connectivity index (χ4v) is 2.31. The van der Waals surface area contributed by atoms with E-state index in [1.165, 1.54) is 0 Å². The molecule has 4 heteroatoms. The highest BCUT2D eigenvalue weighted by Gasteiger charge is 2.45. The molecule has 0 radical (unpaired) electrons. The van der Waals surface area contributed by atoms with Crippen LogP contribution in [0.5, 0.6) is 0 Å². The molecule has 104 valence electrons. The zero-order valence-electron chi connectivity index (χ0n) is 12.2. The van der Waals surface area contributed by atoms with E-state index in [4.69, 9.17) is 0 Å². The molecule has 1 saturated heterocycles. The molecule has 4 nitrogen and oxygen atoms in total. The first kappa shape index (κ1) is 15.0. The Morgan fingerprint density at radius 2 is 1.94 bits per heavy atom. The van der Waals surface area contributed by atoms with Crippen molar-refractivity contribution in [3.8, 4) is 0 Å². The molecule has 0 aromatic heterocycles. The molecule has 0 spiro atoms. The van der Waals surface area contributed by atoms with Crippen LogP contribution in [-0.2, 0) is 9.59 Å². The Kier molecular flexibility index (Phi) is 4.77.